The molecule has 0 aliphatic carbocycles. The van der Waals surface area contributed by atoms with Gasteiger partial charge in [-0.3, -0.25) is 14.3 Å². The summed E-state index contributed by atoms with van der Waals surface area (Å²) in [5, 5.41) is 7.26. The normalized spacial score (nSPS) is 13.6. The quantitative estimate of drug-likeness (QED) is 0.780. The van der Waals surface area contributed by atoms with Crippen LogP contribution in [0.4, 0.5) is 5.69 Å². The van der Waals surface area contributed by atoms with Crippen LogP contribution in [0.2, 0.25) is 0 Å². The third-order valence-corrected chi connectivity index (χ3v) is 4.67. The molecule has 0 spiro atoms. The van der Waals surface area contributed by atoms with Crippen LogP contribution in [0.3, 0.4) is 0 Å². The van der Waals surface area contributed by atoms with Gasteiger partial charge in [0.15, 0.2) is 0 Å². The summed E-state index contributed by atoms with van der Waals surface area (Å²) in [6.45, 7) is 1.69. The van der Waals surface area contributed by atoms with Crippen LogP contribution in [-0.2, 0) is 13.1 Å². The number of aromatic nitrogens is 2. The van der Waals surface area contributed by atoms with E-state index in [2.05, 4.69) is 10.4 Å². The average Bonchev–Trinajstić information content (AvgIpc) is 2.99. The summed E-state index contributed by atoms with van der Waals surface area (Å²) in [7, 11) is 0. The third kappa shape index (κ3) is 3.60. The van der Waals surface area contributed by atoms with E-state index in [0.29, 0.717) is 30.8 Å². The molecule has 136 valence electrons. The smallest absolute Gasteiger partial charge is 0.259 e. The van der Waals surface area contributed by atoms with Crippen LogP contribution in [0.15, 0.2) is 66.9 Å². The van der Waals surface area contributed by atoms with Gasteiger partial charge in [-0.2, -0.15) is 5.10 Å². The van der Waals surface area contributed by atoms with E-state index in [9.17, 15) is 9.59 Å². The molecule has 2 heterocycles. The van der Waals surface area contributed by atoms with E-state index in [0.717, 1.165) is 17.8 Å². The Balaban J connectivity index is 1.58. The van der Waals surface area contributed by atoms with Gasteiger partial charge in [-0.15, -0.1) is 0 Å². The Bertz CT molecular complexity index is 951. The minimum absolute atomic E-state index is 0.0281. The maximum absolute atomic E-state index is 12.9. The summed E-state index contributed by atoms with van der Waals surface area (Å²) in [6, 6.07) is 18.5. The van der Waals surface area contributed by atoms with Gasteiger partial charge in [0.05, 0.1) is 24.0 Å². The number of aryl methyl sites for hydroxylation is 1. The third-order valence-electron chi connectivity index (χ3n) is 4.67. The molecule has 4 rings (SSSR count). The molecule has 3 aromatic rings. The molecule has 1 aliphatic rings. The largest absolute Gasteiger partial charge is 0.333 e. The predicted molar refractivity (Wildman–Crippen MR) is 102 cm³/mol. The first kappa shape index (κ1) is 17.0. The second-order valence-electron chi connectivity index (χ2n) is 6.49. The van der Waals surface area contributed by atoms with Crippen molar-refractivity contribution >= 4 is 17.5 Å². The van der Waals surface area contributed by atoms with Crippen LogP contribution in [0.1, 0.15) is 32.8 Å². The number of para-hydroxylation sites is 1. The molecule has 1 N–H and O–H groups in total. The second kappa shape index (κ2) is 7.45. The topological polar surface area (TPSA) is 67.2 Å². The highest BCUT2D eigenvalue weighted by Crippen LogP contribution is 2.20. The molecule has 0 bridgehead atoms. The molecule has 0 radical (unpaired) electrons. The van der Waals surface area contributed by atoms with Crippen molar-refractivity contribution in [2.45, 2.75) is 19.5 Å². The minimum Gasteiger partial charge on any atom is -0.333 e. The van der Waals surface area contributed by atoms with Crippen LogP contribution in [0, 0.1) is 0 Å². The van der Waals surface area contributed by atoms with Gasteiger partial charge in [0.1, 0.15) is 0 Å². The molecule has 2 aromatic carbocycles. The van der Waals surface area contributed by atoms with E-state index >= 15 is 0 Å². The van der Waals surface area contributed by atoms with Crippen molar-refractivity contribution in [2.24, 2.45) is 0 Å². The summed E-state index contributed by atoms with van der Waals surface area (Å²) in [4.78, 5) is 27.4. The van der Waals surface area contributed by atoms with Crippen molar-refractivity contribution in [3.63, 3.8) is 0 Å². The SMILES string of the molecule is O=C(Nc1ccccc1)c1cnn2c1CN(C(=O)c1ccccc1)CCC2. The fourth-order valence-electron chi connectivity index (χ4n) is 3.29. The Morgan fingerprint density at radius 1 is 0.926 bits per heavy atom. The Morgan fingerprint density at radius 3 is 2.37 bits per heavy atom. The first-order chi connectivity index (χ1) is 13.2. The summed E-state index contributed by atoms with van der Waals surface area (Å²) in [5.41, 5.74) is 2.66. The zero-order valence-electron chi connectivity index (χ0n) is 14.8. The van der Waals surface area contributed by atoms with Crippen molar-refractivity contribution in [3.8, 4) is 0 Å². The van der Waals surface area contributed by atoms with Gasteiger partial charge in [-0.1, -0.05) is 36.4 Å². The van der Waals surface area contributed by atoms with Crippen LogP contribution in [0.5, 0.6) is 0 Å². The zero-order valence-corrected chi connectivity index (χ0v) is 14.8. The number of carbonyl (C=O) groups is 2. The first-order valence-corrected chi connectivity index (χ1v) is 8.98. The molecule has 0 fully saturated rings. The second-order valence-corrected chi connectivity index (χ2v) is 6.49. The van der Waals surface area contributed by atoms with Crippen LogP contribution in [-0.4, -0.2) is 33.0 Å². The van der Waals surface area contributed by atoms with Crippen molar-refractivity contribution < 1.29 is 9.59 Å². The molecule has 0 saturated heterocycles. The molecular weight excluding hydrogens is 340 g/mol. The van der Waals surface area contributed by atoms with Crippen LogP contribution < -0.4 is 5.32 Å². The number of fused-ring (bicyclic) bond motifs is 1. The number of hydrogen-bond acceptors (Lipinski definition) is 3. The average molecular weight is 360 g/mol. The van der Waals surface area contributed by atoms with Gasteiger partial charge < -0.3 is 10.2 Å². The minimum atomic E-state index is -0.212. The van der Waals surface area contributed by atoms with E-state index in [4.69, 9.17) is 0 Å². The maximum Gasteiger partial charge on any atom is 0.259 e. The number of nitrogens with zero attached hydrogens (tertiary/aromatic N) is 3. The summed E-state index contributed by atoms with van der Waals surface area (Å²) < 4.78 is 1.83. The van der Waals surface area contributed by atoms with Gasteiger partial charge in [-0.05, 0) is 30.7 Å². The van der Waals surface area contributed by atoms with Crippen molar-refractivity contribution in [3.05, 3.63) is 83.7 Å². The molecule has 1 aliphatic heterocycles. The summed E-state index contributed by atoms with van der Waals surface area (Å²) in [6.07, 6.45) is 2.39. The zero-order chi connectivity index (χ0) is 18.6. The van der Waals surface area contributed by atoms with Crippen LogP contribution in [0.25, 0.3) is 0 Å². The predicted octanol–water partition coefficient (Wildman–Crippen LogP) is 3.18. The van der Waals surface area contributed by atoms with E-state index in [-0.39, 0.29) is 11.8 Å². The molecule has 6 heteroatoms. The van der Waals surface area contributed by atoms with Crippen molar-refractivity contribution in [1.29, 1.82) is 0 Å². The van der Waals surface area contributed by atoms with E-state index < -0.39 is 0 Å². The number of nitrogens with one attached hydrogen (secondary N) is 1. The standard InChI is InChI=1S/C21H20N4O2/c26-20(23-17-10-5-2-6-11-17)18-14-22-25-13-7-12-24(15-19(18)25)21(27)16-8-3-1-4-9-16/h1-6,8-11,14H,7,12-13,15H2,(H,23,26). The number of rotatable bonds is 3. The fourth-order valence-corrected chi connectivity index (χ4v) is 3.29. The van der Waals surface area contributed by atoms with E-state index in [1.54, 1.807) is 11.1 Å². The first-order valence-electron chi connectivity index (χ1n) is 8.98. The Kier molecular flexibility index (Phi) is 4.70. The molecule has 0 unspecified atom stereocenters. The van der Waals surface area contributed by atoms with Gasteiger partial charge >= 0.3 is 0 Å². The molecule has 0 saturated carbocycles. The van der Waals surface area contributed by atoms with Gasteiger partial charge in [-0.25, -0.2) is 0 Å². The number of anilines is 1. The van der Waals surface area contributed by atoms with Gasteiger partial charge in [0.25, 0.3) is 11.8 Å². The Labute approximate surface area is 157 Å². The number of carbonyl (C=O) groups excluding carboxylic acids is 2. The fraction of sp³-hybridized carbons (Fsp3) is 0.190. The number of benzene rings is 2. The summed E-state index contributed by atoms with van der Waals surface area (Å²) >= 11 is 0. The lowest BCUT2D eigenvalue weighted by Gasteiger charge is -2.20. The Hall–Kier alpha value is -3.41. The highest BCUT2D eigenvalue weighted by Gasteiger charge is 2.25. The lowest BCUT2D eigenvalue weighted by molar-refractivity contribution is 0.0744. The van der Waals surface area contributed by atoms with Crippen molar-refractivity contribution in [2.75, 3.05) is 11.9 Å². The number of hydrogen-bond donors (Lipinski definition) is 1. The molecule has 6 nitrogen and oxygen atoms in total. The molecular formula is C21H20N4O2. The van der Waals surface area contributed by atoms with Crippen molar-refractivity contribution in [1.82, 2.24) is 14.7 Å². The molecule has 27 heavy (non-hydrogen) atoms. The maximum atomic E-state index is 12.9. The van der Waals surface area contributed by atoms with Gasteiger partial charge in [0.2, 0.25) is 0 Å². The lowest BCUT2D eigenvalue weighted by atomic mass is 10.1. The molecule has 2 amide bonds. The molecule has 1 aromatic heterocycles. The van der Waals surface area contributed by atoms with E-state index in [1.165, 1.54) is 0 Å². The van der Waals surface area contributed by atoms with Crippen LogP contribution >= 0.6 is 0 Å². The number of amides is 2. The highest BCUT2D eigenvalue weighted by molar-refractivity contribution is 6.05. The lowest BCUT2D eigenvalue weighted by Crippen LogP contribution is -2.31. The Morgan fingerprint density at radius 2 is 1.63 bits per heavy atom. The highest BCUT2D eigenvalue weighted by atomic mass is 16.2. The van der Waals surface area contributed by atoms with Gasteiger partial charge in [0, 0.05) is 24.3 Å². The summed E-state index contributed by atoms with van der Waals surface area (Å²) in [5.74, 6) is -0.240. The molecule has 0 atom stereocenters. The van der Waals surface area contributed by atoms with E-state index in [1.807, 2.05) is 65.3 Å². The monoisotopic (exact) mass is 360 g/mol.